The summed E-state index contributed by atoms with van der Waals surface area (Å²) in [6.07, 6.45) is 0.115. The molecule has 660 valence electrons. The number of amides is 3. The van der Waals surface area contributed by atoms with Crippen molar-refractivity contribution in [2.45, 2.75) is 192 Å². The van der Waals surface area contributed by atoms with E-state index in [4.69, 9.17) is 193 Å². The number of methoxy groups -OCH3 is 7. The van der Waals surface area contributed by atoms with Gasteiger partial charge in [0.1, 0.15) is 105 Å². The first-order valence-corrected chi connectivity index (χ1v) is 44.3. The highest BCUT2D eigenvalue weighted by Crippen LogP contribution is 2.54. The fourth-order valence-corrected chi connectivity index (χ4v) is 18.0. The number of nitrogens with zero attached hydrogens (tertiary/aromatic N) is 5. The molecule has 38 nitrogen and oxygen atoms in total. The van der Waals surface area contributed by atoms with Gasteiger partial charge in [0, 0.05) is 164 Å². The Kier molecular flexibility index (Phi) is 61.2. The molecule has 8 fully saturated rings. The lowest BCUT2D eigenvalue weighted by atomic mass is 9.96. The number of carbonyl (C=O) groups excluding carboxylic acids is 4. The Bertz CT molecular complexity index is 2610. The van der Waals surface area contributed by atoms with Crippen LogP contribution in [0.25, 0.3) is 0 Å². The third kappa shape index (κ3) is 42.5. The van der Waals surface area contributed by atoms with Crippen LogP contribution in [0.2, 0.25) is 12.6 Å². The number of ketones is 1. The van der Waals surface area contributed by atoms with Gasteiger partial charge in [-0.25, -0.2) is 9.34 Å². The van der Waals surface area contributed by atoms with E-state index in [0.717, 1.165) is 0 Å². The summed E-state index contributed by atoms with van der Waals surface area (Å²) in [5.74, 6) is -1.23. The first kappa shape index (κ1) is 115. The van der Waals surface area contributed by atoms with Crippen molar-refractivity contribution in [3.63, 3.8) is 0 Å². The molecule has 0 aliphatic carbocycles. The zero-order valence-electron chi connectivity index (χ0n) is 70.2. The van der Waals surface area contributed by atoms with E-state index in [-0.39, 0.29) is 208 Å². The van der Waals surface area contributed by atoms with Gasteiger partial charge in [0.15, 0.2) is 8.38 Å². The third-order valence-electron chi connectivity index (χ3n) is 18.4. The van der Waals surface area contributed by atoms with Crippen molar-refractivity contribution in [2.75, 3.05) is 203 Å². The van der Waals surface area contributed by atoms with Gasteiger partial charge in [0.25, 0.3) is 0 Å². The molecule has 8 aliphatic heterocycles. The summed E-state index contributed by atoms with van der Waals surface area (Å²) in [7, 11) is 67.2. The lowest BCUT2D eigenvalue weighted by Gasteiger charge is -2.43. The van der Waals surface area contributed by atoms with Crippen LogP contribution < -0.4 is 15.5 Å². The molecule has 0 aromatic heterocycles. The number of rotatable bonds is 43. The third-order valence-corrected chi connectivity index (χ3v) is 24.2. The van der Waals surface area contributed by atoms with Crippen molar-refractivity contribution in [2.24, 2.45) is 0 Å². The molecule has 26 atom stereocenters. The zero-order valence-corrected chi connectivity index (χ0v) is 74.6. The van der Waals surface area contributed by atoms with E-state index >= 15 is 0 Å². The number of Topliss-reactive ketones (excluding diaryl/α,β-unsaturated/α-hetero) is 1. The van der Waals surface area contributed by atoms with Crippen LogP contribution >= 0.6 is 32.2 Å². The molecule has 8 saturated heterocycles. The summed E-state index contributed by atoms with van der Waals surface area (Å²) in [6.45, 7) is 8.92. The second-order valence-corrected chi connectivity index (χ2v) is 34.7. The number of nitrogens with one attached hydrogen (secondary N) is 2. The predicted octanol–water partition coefficient (Wildman–Crippen LogP) is -5.24. The van der Waals surface area contributed by atoms with Crippen molar-refractivity contribution >= 4 is 146 Å². The summed E-state index contributed by atoms with van der Waals surface area (Å²) in [5.41, 5.74) is 0. The average Bonchev–Trinajstić information content (AvgIpc) is 1.29. The number of likely N-dealkylation sites (N-methyl/N-ethyl adjacent to an activating group) is 2. The van der Waals surface area contributed by atoms with Gasteiger partial charge in [-0.1, -0.05) is 0 Å². The highest BCUT2D eigenvalue weighted by atomic mass is 32.7. The summed E-state index contributed by atoms with van der Waals surface area (Å²) in [5, 5.41) is 5.50. The number of ether oxygens (including phenoxy) is 15. The van der Waals surface area contributed by atoms with Crippen LogP contribution in [0.4, 0.5) is 0 Å². The van der Waals surface area contributed by atoms with Crippen LogP contribution in [-0.4, -0.2) is 479 Å². The minimum atomic E-state index is -3.26. The molecule has 3 amide bonds. The lowest BCUT2D eigenvalue weighted by Crippen LogP contribution is -2.50. The van der Waals surface area contributed by atoms with Gasteiger partial charge in [0.05, 0.1) is 139 Å². The molecule has 0 aromatic rings. The van der Waals surface area contributed by atoms with Gasteiger partial charge in [0.2, 0.25) is 17.7 Å². The highest BCUT2D eigenvalue weighted by molar-refractivity contribution is 8.29. The van der Waals surface area contributed by atoms with E-state index in [1.54, 1.807) is 80.3 Å². The molecule has 8 N–H and O–H groups in total. The second-order valence-electron chi connectivity index (χ2n) is 28.1. The van der Waals surface area contributed by atoms with Crippen molar-refractivity contribution in [3.05, 3.63) is 0 Å². The topological polar surface area (TPSA) is 446 Å². The molecule has 20 radical (unpaired) electrons. The van der Waals surface area contributed by atoms with E-state index in [2.05, 4.69) is 15.5 Å². The number of hydrogen-bond acceptors (Lipinski definition) is 31. The van der Waals surface area contributed by atoms with Crippen LogP contribution in [0.15, 0.2) is 0 Å². The van der Waals surface area contributed by atoms with Crippen LogP contribution in [0, 0.1) is 0 Å². The van der Waals surface area contributed by atoms with Crippen molar-refractivity contribution in [1.82, 2.24) is 34.7 Å². The lowest BCUT2D eigenvalue weighted by molar-refractivity contribution is -0.213. The summed E-state index contributed by atoms with van der Waals surface area (Å²) < 4.78 is 137. The molecular weight excluding hydrogens is 1640 g/mol. The molecule has 26 unspecified atom stereocenters. The quantitative estimate of drug-likeness (QED) is 0.0327. The SMILES string of the molecule is O.O.O.[B]C1CC(OC)C(COP(C)OC2CC([B])OC2COC)O1.[B]C1CC(OC)C(COP([O-])OC2CC([B])OC2COC)O1.[B]C1CC(OC)C(COP([S-])OC2CC([B])OC2COC)O1.[B]C1CN(C)CC(COP(=O)(N(C)C)N2CC([B])OC(COC)C2)O1.[B]CC(=O)N(CCNC(=O)CN(CCNC)C(=O)C[B])CC(C)=O. The van der Waals surface area contributed by atoms with Crippen molar-refractivity contribution in [3.8, 4) is 0 Å². The number of carbonyl (C=O) groups is 4. The summed E-state index contributed by atoms with van der Waals surface area (Å²) >= 11 is 5.24. The second kappa shape index (κ2) is 62.6. The van der Waals surface area contributed by atoms with Gasteiger partial charge in [-0.2, -0.15) is 0 Å². The molecule has 8 heterocycles. The molecule has 118 heavy (non-hydrogen) atoms. The molecule has 0 aromatic carbocycles. The van der Waals surface area contributed by atoms with Gasteiger partial charge in [-0.15, -0.1) is 0 Å². The minimum Gasteiger partial charge on any atom is -0.786 e. The number of morpholine rings is 2. The first-order valence-electron chi connectivity index (χ1n) is 37.8. The molecule has 53 heteroatoms. The summed E-state index contributed by atoms with van der Waals surface area (Å²) in [6, 6.07) is -3.07. The maximum absolute atomic E-state index is 13.5. The van der Waals surface area contributed by atoms with E-state index in [9.17, 15) is 28.6 Å². The van der Waals surface area contributed by atoms with Gasteiger partial charge < -0.3 is 162 Å². The molecule has 0 saturated carbocycles. The molecule has 0 spiro atoms. The fraction of sp³-hybridized carbons (Fsp3) is 0.938. The monoisotopic (exact) mass is 1760 g/mol. The van der Waals surface area contributed by atoms with Crippen molar-refractivity contribution in [1.29, 1.82) is 0 Å². The molecule has 8 aliphatic rings. The van der Waals surface area contributed by atoms with Gasteiger partial charge in [-0.3, -0.25) is 23.7 Å². The first-order chi connectivity index (χ1) is 54.7. The Balaban J connectivity index is 0.000000733. The minimum absolute atomic E-state index is 0. The normalized spacial score (nSPS) is 31.9. The molecular formula is C65H121B10N7O31P4S-2. The Morgan fingerprint density at radius 2 is 0.881 bits per heavy atom. The smallest absolute Gasteiger partial charge is 0.345 e. The van der Waals surface area contributed by atoms with Gasteiger partial charge >= 0.3 is 7.67 Å². The molecule has 8 rings (SSSR count). The Morgan fingerprint density at radius 3 is 1.29 bits per heavy atom. The van der Waals surface area contributed by atoms with E-state index < -0.39 is 56.3 Å². The van der Waals surface area contributed by atoms with E-state index in [1.807, 2.05) is 13.7 Å². The van der Waals surface area contributed by atoms with E-state index in [1.165, 1.54) is 16.7 Å². The number of hydrogen-bond donors (Lipinski definition) is 2. The van der Waals surface area contributed by atoms with Gasteiger partial charge in [-0.05, 0) is 86.3 Å². The Morgan fingerprint density at radius 1 is 0.500 bits per heavy atom. The fourth-order valence-electron chi connectivity index (χ4n) is 12.9. The Hall–Kier alpha value is -0.601. The summed E-state index contributed by atoms with van der Waals surface area (Å²) in [4.78, 5) is 63.0. The maximum Gasteiger partial charge on any atom is 0.345 e. The zero-order chi connectivity index (χ0) is 85.5. The van der Waals surface area contributed by atoms with Crippen LogP contribution in [-0.2, 0) is 139 Å². The van der Waals surface area contributed by atoms with Crippen molar-refractivity contribution < 1.29 is 148 Å². The van der Waals surface area contributed by atoms with Crippen LogP contribution in [0.1, 0.15) is 45.4 Å². The Labute approximate surface area is 719 Å². The molecule has 0 bridgehead atoms. The maximum atomic E-state index is 13.5. The van der Waals surface area contributed by atoms with Crippen LogP contribution in [0.5, 0.6) is 0 Å². The largest absolute Gasteiger partial charge is 0.786 e. The standard InChI is InChI=1S/C14H24B2N4O4.C14H28B2N3O5P.C13H23B2O6P.C12H20B2O7P.C12H20B2O6PS.3H2O/c1-11(21)9-19(13(23)7-15)6-4-18-12(22)10-20(5-3-17-2)14(24)8-16;1-17(2)25(20,19-6-12(9-21-4)24-14(16)8-19)22-10-11-5-18(3)7-13(15)23-11;1-16-6-10-9(5-13(15)19-10)21-22(3)18-7-11-8(17-2)4-12(14)20-11;1-16-5-9-8(4-12(14)19-9)21-22(15)18-6-10-7(17-2)3-11(13)20-10;1-15-5-9-8(4-12(14)18-9)20-21(22)17-6-10-7(16-2)3-11(13)19-10;;;/h17H,3-10H2,1-2H3,(H,18,22);11-14H,5-10H2,1-4H3;8-13H,4-7H2,1-3H3;2*7-12H,3-6H2,1-2H3;3*1H2/q;;;2*-1;;;. The average molecular weight is 1760 g/mol. The highest BCUT2D eigenvalue weighted by Gasteiger charge is 2.44. The predicted molar refractivity (Wildman–Crippen MR) is 448 cm³/mol. The van der Waals surface area contributed by atoms with E-state index in [0.29, 0.717) is 111 Å². The van der Waals surface area contributed by atoms with Crippen LogP contribution in [0.3, 0.4) is 0 Å².